The van der Waals surface area contributed by atoms with Crippen molar-refractivity contribution in [2.75, 3.05) is 4.90 Å². The predicted molar refractivity (Wildman–Crippen MR) is 92.4 cm³/mol. The van der Waals surface area contributed by atoms with E-state index in [1.165, 1.54) is 23.1 Å². The normalized spacial score (nSPS) is 15.2. The molecule has 9 heteroatoms. The van der Waals surface area contributed by atoms with Crippen LogP contribution in [-0.2, 0) is 27.1 Å². The SMILES string of the molecule is CC(=O)O/N=C1/C(=O)N(Cc2cccc(C(F)(F)F)c2)c2ccc(Cl)cc21. The third kappa shape index (κ3) is 3.95. The van der Waals surface area contributed by atoms with Gasteiger partial charge in [-0.3, -0.25) is 4.79 Å². The Morgan fingerprint density at radius 3 is 2.63 bits per heavy atom. The molecule has 140 valence electrons. The fourth-order valence-corrected chi connectivity index (χ4v) is 2.84. The minimum Gasteiger partial charge on any atom is -0.318 e. The summed E-state index contributed by atoms with van der Waals surface area (Å²) in [7, 11) is 0. The van der Waals surface area contributed by atoms with E-state index in [4.69, 9.17) is 11.6 Å². The summed E-state index contributed by atoms with van der Waals surface area (Å²) in [5, 5.41) is 3.90. The van der Waals surface area contributed by atoms with E-state index in [-0.39, 0.29) is 17.8 Å². The molecule has 0 atom stereocenters. The number of carbonyl (C=O) groups excluding carboxylic acids is 2. The number of rotatable bonds is 3. The second-order valence-electron chi connectivity index (χ2n) is 5.77. The van der Waals surface area contributed by atoms with Gasteiger partial charge in [0.25, 0.3) is 5.91 Å². The van der Waals surface area contributed by atoms with Crippen LogP contribution in [0.2, 0.25) is 5.02 Å². The highest BCUT2D eigenvalue weighted by Gasteiger charge is 2.36. The summed E-state index contributed by atoms with van der Waals surface area (Å²) in [4.78, 5) is 29.5. The number of benzene rings is 2. The molecule has 5 nitrogen and oxygen atoms in total. The number of carbonyl (C=O) groups is 2. The number of halogens is 4. The topological polar surface area (TPSA) is 59.0 Å². The summed E-state index contributed by atoms with van der Waals surface area (Å²) >= 11 is 5.96. The third-order valence-corrected chi connectivity index (χ3v) is 4.05. The molecule has 0 saturated heterocycles. The number of nitrogens with zero attached hydrogens (tertiary/aromatic N) is 2. The monoisotopic (exact) mass is 396 g/mol. The summed E-state index contributed by atoms with van der Waals surface area (Å²) in [6, 6.07) is 9.26. The maximum Gasteiger partial charge on any atom is 0.416 e. The third-order valence-electron chi connectivity index (χ3n) is 3.81. The molecule has 3 rings (SSSR count). The second-order valence-corrected chi connectivity index (χ2v) is 6.21. The molecule has 1 amide bonds. The van der Waals surface area contributed by atoms with Crippen molar-refractivity contribution in [2.45, 2.75) is 19.6 Å². The van der Waals surface area contributed by atoms with Crippen LogP contribution in [0, 0.1) is 0 Å². The Bertz CT molecular complexity index is 957. The average molecular weight is 397 g/mol. The Kier molecular flexibility index (Phi) is 4.93. The van der Waals surface area contributed by atoms with Crippen LogP contribution in [0.3, 0.4) is 0 Å². The lowest BCUT2D eigenvalue weighted by molar-refractivity contribution is -0.141. The Morgan fingerprint density at radius 2 is 1.96 bits per heavy atom. The van der Waals surface area contributed by atoms with Crippen LogP contribution in [0.25, 0.3) is 0 Å². The van der Waals surface area contributed by atoms with Crippen molar-refractivity contribution in [1.82, 2.24) is 0 Å². The van der Waals surface area contributed by atoms with Crippen molar-refractivity contribution in [3.8, 4) is 0 Å². The van der Waals surface area contributed by atoms with Crippen molar-refractivity contribution in [3.05, 3.63) is 64.2 Å². The quantitative estimate of drug-likeness (QED) is 0.578. The maximum atomic E-state index is 12.9. The van der Waals surface area contributed by atoms with Gasteiger partial charge in [-0.1, -0.05) is 28.9 Å². The minimum absolute atomic E-state index is 0.115. The van der Waals surface area contributed by atoms with E-state index < -0.39 is 23.6 Å². The standard InChI is InChI=1S/C18H12ClF3N2O3/c1-10(25)27-23-16-14-8-13(19)5-6-15(14)24(17(16)26)9-11-3-2-4-12(7-11)18(20,21)22/h2-8H,9H2,1H3/b23-16+. The number of anilines is 1. The number of oxime groups is 1. The first-order valence-electron chi connectivity index (χ1n) is 7.70. The van der Waals surface area contributed by atoms with Gasteiger partial charge in [-0.2, -0.15) is 13.2 Å². The summed E-state index contributed by atoms with van der Waals surface area (Å²) in [6.07, 6.45) is -4.49. The predicted octanol–water partition coefficient (Wildman–Crippen LogP) is 4.17. The first kappa shape index (κ1) is 18.9. The second kappa shape index (κ2) is 7.03. The van der Waals surface area contributed by atoms with Gasteiger partial charge in [0.05, 0.1) is 17.8 Å². The van der Waals surface area contributed by atoms with Gasteiger partial charge >= 0.3 is 12.1 Å². The molecular weight excluding hydrogens is 385 g/mol. The Balaban J connectivity index is 1.99. The molecule has 0 radical (unpaired) electrons. The highest BCUT2D eigenvalue weighted by Crippen LogP contribution is 2.34. The Morgan fingerprint density at radius 1 is 1.22 bits per heavy atom. The molecule has 0 unspecified atom stereocenters. The fourth-order valence-electron chi connectivity index (χ4n) is 2.67. The molecule has 1 aliphatic heterocycles. The lowest BCUT2D eigenvalue weighted by Crippen LogP contribution is -2.30. The van der Waals surface area contributed by atoms with E-state index in [2.05, 4.69) is 9.99 Å². The summed E-state index contributed by atoms with van der Waals surface area (Å²) in [5.41, 5.74) is 0.0766. The lowest BCUT2D eigenvalue weighted by Gasteiger charge is -2.18. The van der Waals surface area contributed by atoms with E-state index in [0.29, 0.717) is 16.3 Å². The Hall–Kier alpha value is -2.87. The summed E-state index contributed by atoms with van der Waals surface area (Å²) in [5.74, 6) is -1.32. The number of hydrogen-bond donors (Lipinski definition) is 0. The molecule has 0 fully saturated rings. The molecule has 2 aromatic rings. The molecule has 0 saturated carbocycles. The average Bonchev–Trinajstić information content (AvgIpc) is 2.83. The first-order valence-corrected chi connectivity index (χ1v) is 8.08. The van der Waals surface area contributed by atoms with Crippen LogP contribution < -0.4 is 4.90 Å². The molecule has 0 N–H and O–H groups in total. The van der Waals surface area contributed by atoms with Gasteiger partial charge in [0.15, 0.2) is 5.71 Å². The van der Waals surface area contributed by atoms with Crippen molar-refractivity contribution in [1.29, 1.82) is 0 Å². The van der Waals surface area contributed by atoms with Crippen LogP contribution in [-0.4, -0.2) is 17.6 Å². The fraction of sp³-hybridized carbons (Fsp3) is 0.167. The van der Waals surface area contributed by atoms with Gasteiger partial charge < -0.3 is 9.74 Å². The van der Waals surface area contributed by atoms with Crippen molar-refractivity contribution in [3.63, 3.8) is 0 Å². The van der Waals surface area contributed by atoms with E-state index in [1.807, 2.05) is 0 Å². The number of hydrogen-bond acceptors (Lipinski definition) is 4. The van der Waals surface area contributed by atoms with E-state index in [1.54, 1.807) is 12.1 Å². The van der Waals surface area contributed by atoms with Crippen LogP contribution in [0.1, 0.15) is 23.6 Å². The van der Waals surface area contributed by atoms with Crippen molar-refractivity contribution in [2.24, 2.45) is 5.16 Å². The zero-order valence-electron chi connectivity index (χ0n) is 13.9. The maximum absolute atomic E-state index is 12.9. The van der Waals surface area contributed by atoms with Crippen LogP contribution in [0.15, 0.2) is 47.6 Å². The van der Waals surface area contributed by atoms with Gasteiger partial charge in [0.1, 0.15) is 0 Å². The summed E-state index contributed by atoms with van der Waals surface area (Å²) < 4.78 is 38.8. The van der Waals surface area contributed by atoms with Gasteiger partial charge in [-0.25, -0.2) is 4.79 Å². The highest BCUT2D eigenvalue weighted by atomic mass is 35.5. The van der Waals surface area contributed by atoms with Crippen LogP contribution in [0.4, 0.5) is 18.9 Å². The minimum atomic E-state index is -4.49. The molecule has 2 aromatic carbocycles. The summed E-state index contributed by atoms with van der Waals surface area (Å²) in [6.45, 7) is 1.01. The van der Waals surface area contributed by atoms with Gasteiger partial charge in [0.2, 0.25) is 0 Å². The number of amides is 1. The molecule has 1 aliphatic rings. The first-order chi connectivity index (χ1) is 12.7. The zero-order valence-corrected chi connectivity index (χ0v) is 14.6. The van der Waals surface area contributed by atoms with E-state index >= 15 is 0 Å². The van der Waals surface area contributed by atoms with Gasteiger partial charge in [-0.05, 0) is 35.9 Å². The smallest absolute Gasteiger partial charge is 0.318 e. The number of alkyl halides is 3. The van der Waals surface area contributed by atoms with E-state index in [0.717, 1.165) is 19.1 Å². The van der Waals surface area contributed by atoms with Gasteiger partial charge in [0, 0.05) is 17.5 Å². The molecule has 0 spiro atoms. The van der Waals surface area contributed by atoms with Crippen molar-refractivity contribution >= 4 is 34.9 Å². The molecular formula is C18H12ClF3N2O3. The molecule has 0 bridgehead atoms. The van der Waals surface area contributed by atoms with Crippen molar-refractivity contribution < 1.29 is 27.6 Å². The molecule has 0 aromatic heterocycles. The highest BCUT2D eigenvalue weighted by molar-refractivity contribution is 6.54. The van der Waals surface area contributed by atoms with Crippen LogP contribution in [0.5, 0.6) is 0 Å². The van der Waals surface area contributed by atoms with E-state index in [9.17, 15) is 22.8 Å². The largest absolute Gasteiger partial charge is 0.416 e. The molecule has 27 heavy (non-hydrogen) atoms. The lowest BCUT2D eigenvalue weighted by atomic mass is 10.1. The molecule has 0 aliphatic carbocycles. The molecule has 1 heterocycles. The van der Waals surface area contributed by atoms with Crippen LogP contribution >= 0.6 is 11.6 Å². The Labute approximate surface area is 157 Å². The zero-order chi connectivity index (χ0) is 19.8. The van der Waals surface area contributed by atoms with Gasteiger partial charge in [-0.15, -0.1) is 0 Å². The number of fused-ring (bicyclic) bond motifs is 1.